The number of hydrogen-bond acceptors (Lipinski definition) is 3. The molecule has 0 unspecified atom stereocenters. The maximum absolute atomic E-state index is 12.2. The van der Waals surface area contributed by atoms with Crippen LogP contribution in [0.2, 0.25) is 5.02 Å². The van der Waals surface area contributed by atoms with E-state index in [1.807, 2.05) is 5.38 Å². The van der Waals surface area contributed by atoms with E-state index in [-0.39, 0.29) is 5.91 Å². The smallest absolute Gasteiger partial charge is 0.252 e. The van der Waals surface area contributed by atoms with Crippen molar-refractivity contribution in [3.05, 3.63) is 73.3 Å². The standard InChI is InChI=1S/C19H16ClIN2OS/c1-12-2-4-13(5-3-12)19-23-15(11-25-19)8-9-22-18(24)16-7-6-14(20)10-17(16)21/h2-7,10-11H,8-9H2,1H3,(H,22,24). The van der Waals surface area contributed by atoms with Gasteiger partial charge in [-0.3, -0.25) is 4.79 Å². The first-order valence-corrected chi connectivity index (χ1v) is 10.1. The van der Waals surface area contributed by atoms with Gasteiger partial charge >= 0.3 is 0 Å². The molecule has 0 aliphatic rings. The molecule has 25 heavy (non-hydrogen) atoms. The monoisotopic (exact) mass is 482 g/mol. The molecule has 3 rings (SSSR count). The first-order chi connectivity index (χ1) is 12.0. The minimum Gasteiger partial charge on any atom is -0.352 e. The molecule has 1 heterocycles. The van der Waals surface area contributed by atoms with Crippen LogP contribution in [0.1, 0.15) is 21.6 Å². The van der Waals surface area contributed by atoms with Gasteiger partial charge in [-0.1, -0.05) is 41.4 Å². The summed E-state index contributed by atoms with van der Waals surface area (Å²) in [5.74, 6) is -0.0879. The number of amides is 1. The fraction of sp³-hybridized carbons (Fsp3) is 0.158. The van der Waals surface area contributed by atoms with Crippen molar-refractivity contribution in [2.45, 2.75) is 13.3 Å². The van der Waals surface area contributed by atoms with Gasteiger partial charge in [0.2, 0.25) is 0 Å². The lowest BCUT2D eigenvalue weighted by molar-refractivity contribution is 0.0953. The van der Waals surface area contributed by atoms with Crippen LogP contribution in [0.15, 0.2) is 47.8 Å². The number of carbonyl (C=O) groups excluding carboxylic acids is 1. The number of aromatic nitrogens is 1. The highest BCUT2D eigenvalue weighted by Gasteiger charge is 2.10. The lowest BCUT2D eigenvalue weighted by Crippen LogP contribution is -2.26. The predicted molar refractivity (Wildman–Crippen MR) is 112 cm³/mol. The molecule has 1 amide bonds. The molecule has 0 fully saturated rings. The highest BCUT2D eigenvalue weighted by Crippen LogP contribution is 2.24. The Labute approximate surface area is 169 Å². The van der Waals surface area contributed by atoms with Gasteiger partial charge in [-0.2, -0.15) is 0 Å². The topological polar surface area (TPSA) is 42.0 Å². The molecule has 1 N–H and O–H groups in total. The first-order valence-electron chi connectivity index (χ1n) is 7.77. The minimum atomic E-state index is -0.0879. The van der Waals surface area contributed by atoms with E-state index in [1.54, 1.807) is 29.5 Å². The summed E-state index contributed by atoms with van der Waals surface area (Å²) in [6.07, 6.45) is 0.707. The Morgan fingerprint density at radius 3 is 2.72 bits per heavy atom. The van der Waals surface area contributed by atoms with Crippen LogP contribution >= 0.6 is 45.5 Å². The Bertz CT molecular complexity index is 893. The third kappa shape index (κ3) is 4.80. The van der Waals surface area contributed by atoms with Gasteiger partial charge in [-0.15, -0.1) is 11.3 Å². The number of halogens is 2. The number of rotatable bonds is 5. The van der Waals surface area contributed by atoms with Crippen molar-refractivity contribution < 1.29 is 4.79 Å². The van der Waals surface area contributed by atoms with Crippen LogP contribution in [-0.2, 0) is 6.42 Å². The van der Waals surface area contributed by atoms with Gasteiger partial charge in [0.25, 0.3) is 5.91 Å². The fourth-order valence-electron chi connectivity index (χ4n) is 2.32. The largest absolute Gasteiger partial charge is 0.352 e. The molecule has 0 bridgehead atoms. The molecule has 0 aliphatic heterocycles. The lowest BCUT2D eigenvalue weighted by Gasteiger charge is -2.06. The minimum absolute atomic E-state index is 0.0879. The van der Waals surface area contributed by atoms with Crippen molar-refractivity contribution in [3.8, 4) is 10.6 Å². The van der Waals surface area contributed by atoms with Crippen molar-refractivity contribution in [2.24, 2.45) is 0 Å². The Balaban J connectivity index is 1.57. The van der Waals surface area contributed by atoms with E-state index in [4.69, 9.17) is 11.6 Å². The molecule has 3 nitrogen and oxygen atoms in total. The highest BCUT2D eigenvalue weighted by molar-refractivity contribution is 14.1. The summed E-state index contributed by atoms with van der Waals surface area (Å²) in [5.41, 5.74) is 4.00. The van der Waals surface area contributed by atoms with Crippen LogP contribution in [0.25, 0.3) is 10.6 Å². The van der Waals surface area contributed by atoms with Crippen molar-refractivity contribution in [1.82, 2.24) is 10.3 Å². The number of thiazole rings is 1. The summed E-state index contributed by atoms with van der Waals surface area (Å²) in [6, 6.07) is 13.6. The lowest BCUT2D eigenvalue weighted by atomic mass is 10.2. The van der Waals surface area contributed by atoms with Gasteiger partial charge in [0.1, 0.15) is 5.01 Å². The third-order valence-corrected chi connectivity index (χ3v) is 5.76. The highest BCUT2D eigenvalue weighted by atomic mass is 127. The number of nitrogens with zero attached hydrogens (tertiary/aromatic N) is 1. The number of hydrogen-bond donors (Lipinski definition) is 1. The third-order valence-electron chi connectivity index (χ3n) is 3.69. The average Bonchev–Trinajstić information content (AvgIpc) is 3.04. The molecule has 3 aromatic rings. The van der Waals surface area contributed by atoms with Crippen molar-refractivity contribution in [2.75, 3.05) is 6.54 Å². The van der Waals surface area contributed by atoms with E-state index < -0.39 is 0 Å². The molecule has 1 aromatic heterocycles. The molecule has 0 radical (unpaired) electrons. The summed E-state index contributed by atoms with van der Waals surface area (Å²) >= 11 is 9.67. The molecule has 0 saturated heterocycles. The molecular formula is C19H16ClIN2OS. The van der Waals surface area contributed by atoms with Gasteiger partial charge in [-0.05, 0) is 47.7 Å². The molecule has 0 saturated carbocycles. The average molecular weight is 483 g/mol. The second-order valence-corrected chi connectivity index (χ2v) is 8.10. The van der Waals surface area contributed by atoms with E-state index in [9.17, 15) is 4.79 Å². The van der Waals surface area contributed by atoms with Crippen LogP contribution in [0.4, 0.5) is 0 Å². The molecule has 0 spiro atoms. The van der Waals surface area contributed by atoms with E-state index in [0.29, 0.717) is 23.6 Å². The second-order valence-electron chi connectivity index (χ2n) is 5.64. The zero-order chi connectivity index (χ0) is 17.8. The van der Waals surface area contributed by atoms with Crippen molar-refractivity contribution in [3.63, 3.8) is 0 Å². The van der Waals surface area contributed by atoms with Gasteiger partial charge in [0.15, 0.2) is 0 Å². The van der Waals surface area contributed by atoms with Crippen molar-refractivity contribution >= 4 is 51.4 Å². The van der Waals surface area contributed by atoms with Crippen LogP contribution in [-0.4, -0.2) is 17.4 Å². The zero-order valence-corrected chi connectivity index (χ0v) is 17.3. The molecular weight excluding hydrogens is 467 g/mol. The molecule has 0 aliphatic carbocycles. The summed E-state index contributed by atoms with van der Waals surface area (Å²) in [5, 5.41) is 6.63. The normalized spacial score (nSPS) is 10.7. The Hall–Kier alpha value is -1.44. The molecule has 0 atom stereocenters. The number of aryl methyl sites for hydroxylation is 1. The van der Waals surface area contributed by atoms with E-state index in [0.717, 1.165) is 19.8 Å². The number of carbonyl (C=O) groups is 1. The van der Waals surface area contributed by atoms with Gasteiger partial charge < -0.3 is 5.32 Å². The van der Waals surface area contributed by atoms with Crippen LogP contribution in [0.5, 0.6) is 0 Å². The zero-order valence-electron chi connectivity index (χ0n) is 13.6. The summed E-state index contributed by atoms with van der Waals surface area (Å²) in [7, 11) is 0. The van der Waals surface area contributed by atoms with Gasteiger partial charge in [0.05, 0.1) is 11.3 Å². The van der Waals surface area contributed by atoms with Crippen molar-refractivity contribution in [1.29, 1.82) is 0 Å². The number of benzene rings is 2. The Morgan fingerprint density at radius 1 is 1.24 bits per heavy atom. The number of nitrogens with one attached hydrogen (secondary N) is 1. The van der Waals surface area contributed by atoms with Gasteiger partial charge in [0, 0.05) is 32.5 Å². The molecule has 6 heteroatoms. The van der Waals surface area contributed by atoms with Gasteiger partial charge in [-0.25, -0.2) is 4.98 Å². The Kier molecular flexibility index (Phi) is 6.09. The maximum atomic E-state index is 12.2. The summed E-state index contributed by atoms with van der Waals surface area (Å²) in [6.45, 7) is 2.62. The predicted octanol–water partition coefficient (Wildman–Crippen LogP) is 5.35. The van der Waals surface area contributed by atoms with E-state index in [2.05, 4.69) is 64.1 Å². The summed E-state index contributed by atoms with van der Waals surface area (Å²) < 4.78 is 0.845. The Morgan fingerprint density at radius 2 is 2.00 bits per heavy atom. The molecule has 128 valence electrons. The van der Waals surface area contributed by atoms with Crippen LogP contribution in [0, 0.1) is 10.5 Å². The molecule has 2 aromatic carbocycles. The fourth-order valence-corrected chi connectivity index (χ4v) is 4.30. The SMILES string of the molecule is Cc1ccc(-c2nc(CCNC(=O)c3ccc(Cl)cc3I)cs2)cc1. The second kappa shape index (κ2) is 8.29. The summed E-state index contributed by atoms with van der Waals surface area (Å²) in [4.78, 5) is 16.9. The van der Waals surface area contributed by atoms with E-state index >= 15 is 0 Å². The van der Waals surface area contributed by atoms with Crippen LogP contribution in [0.3, 0.4) is 0 Å². The van der Waals surface area contributed by atoms with E-state index in [1.165, 1.54) is 5.56 Å². The quantitative estimate of drug-likeness (QED) is 0.498. The first kappa shape index (κ1) is 18.4. The maximum Gasteiger partial charge on any atom is 0.252 e. The van der Waals surface area contributed by atoms with Crippen LogP contribution < -0.4 is 5.32 Å².